The third kappa shape index (κ3) is 3.23. The second-order valence-corrected chi connectivity index (χ2v) is 4.23. The molecule has 1 heterocycles. The highest BCUT2D eigenvalue weighted by Crippen LogP contribution is 2.15. The summed E-state index contributed by atoms with van der Waals surface area (Å²) in [5, 5.41) is 20.2. The predicted molar refractivity (Wildman–Crippen MR) is 59.6 cm³/mol. The van der Waals surface area contributed by atoms with Gasteiger partial charge in [-0.15, -0.1) is 5.10 Å². The Morgan fingerprint density at radius 1 is 1.47 bits per heavy atom. The molecule has 0 unspecified atom stereocenters. The van der Waals surface area contributed by atoms with Crippen molar-refractivity contribution < 1.29 is 14.6 Å². The van der Waals surface area contributed by atoms with Crippen molar-refractivity contribution in [2.24, 2.45) is 0 Å². The van der Waals surface area contributed by atoms with Crippen LogP contribution in [0.2, 0.25) is 0 Å². The van der Waals surface area contributed by atoms with Crippen LogP contribution >= 0.6 is 0 Å². The Kier molecular flexibility index (Phi) is 4.56. The van der Waals surface area contributed by atoms with Gasteiger partial charge in [0.2, 0.25) is 0 Å². The standard InChI is InChI=1S/C10H18N4O3/c1-4-6-17-7-5-8-11-12-13-14(8)10(2,3)9(15)16/h4-7H2,1-3H3,(H,15,16). The van der Waals surface area contributed by atoms with Crippen molar-refractivity contribution in [3.63, 3.8) is 0 Å². The van der Waals surface area contributed by atoms with Gasteiger partial charge in [0.05, 0.1) is 6.61 Å². The van der Waals surface area contributed by atoms with Crippen molar-refractivity contribution in [2.75, 3.05) is 13.2 Å². The lowest BCUT2D eigenvalue weighted by molar-refractivity contribution is -0.146. The van der Waals surface area contributed by atoms with Crippen molar-refractivity contribution >= 4 is 5.97 Å². The summed E-state index contributed by atoms with van der Waals surface area (Å²) in [4.78, 5) is 11.1. The van der Waals surface area contributed by atoms with Crippen LogP contribution in [-0.2, 0) is 21.5 Å². The van der Waals surface area contributed by atoms with E-state index in [1.54, 1.807) is 13.8 Å². The molecule has 0 bridgehead atoms. The molecule has 1 aromatic rings. The first kappa shape index (κ1) is 13.6. The fraction of sp³-hybridized carbons (Fsp3) is 0.800. The Bertz CT molecular complexity index is 375. The molecule has 0 atom stereocenters. The van der Waals surface area contributed by atoms with Gasteiger partial charge < -0.3 is 9.84 Å². The number of aromatic nitrogens is 4. The smallest absolute Gasteiger partial charge is 0.331 e. The van der Waals surface area contributed by atoms with E-state index in [0.717, 1.165) is 6.42 Å². The summed E-state index contributed by atoms with van der Waals surface area (Å²) in [7, 11) is 0. The van der Waals surface area contributed by atoms with Gasteiger partial charge >= 0.3 is 5.97 Å². The largest absolute Gasteiger partial charge is 0.479 e. The Labute approximate surface area is 99.8 Å². The maximum absolute atomic E-state index is 11.1. The first-order chi connectivity index (χ1) is 8.00. The highest BCUT2D eigenvalue weighted by molar-refractivity contribution is 5.75. The van der Waals surface area contributed by atoms with E-state index in [0.29, 0.717) is 25.5 Å². The van der Waals surface area contributed by atoms with E-state index >= 15 is 0 Å². The molecular weight excluding hydrogens is 224 g/mol. The number of carbonyl (C=O) groups is 1. The first-order valence-corrected chi connectivity index (χ1v) is 5.59. The second-order valence-electron chi connectivity index (χ2n) is 4.23. The number of hydrogen-bond donors (Lipinski definition) is 1. The lowest BCUT2D eigenvalue weighted by Gasteiger charge is -2.20. The number of aliphatic carboxylic acids is 1. The maximum atomic E-state index is 11.1. The molecule has 0 aliphatic heterocycles. The summed E-state index contributed by atoms with van der Waals surface area (Å²) in [5.41, 5.74) is -1.15. The van der Waals surface area contributed by atoms with Gasteiger partial charge in [0.25, 0.3) is 0 Å². The Morgan fingerprint density at radius 3 is 2.76 bits per heavy atom. The van der Waals surface area contributed by atoms with Crippen LogP contribution in [0.25, 0.3) is 0 Å². The normalized spacial score (nSPS) is 11.7. The fourth-order valence-corrected chi connectivity index (χ4v) is 1.30. The van der Waals surface area contributed by atoms with Gasteiger partial charge in [-0.2, -0.15) is 0 Å². The van der Waals surface area contributed by atoms with Crippen molar-refractivity contribution in [3.8, 4) is 0 Å². The molecular formula is C10H18N4O3. The highest BCUT2D eigenvalue weighted by atomic mass is 16.5. The van der Waals surface area contributed by atoms with Gasteiger partial charge in [0.15, 0.2) is 11.4 Å². The zero-order valence-electron chi connectivity index (χ0n) is 10.4. The van der Waals surface area contributed by atoms with Gasteiger partial charge in [-0.25, -0.2) is 9.48 Å². The molecule has 0 saturated carbocycles. The highest BCUT2D eigenvalue weighted by Gasteiger charge is 2.33. The van der Waals surface area contributed by atoms with E-state index in [2.05, 4.69) is 15.5 Å². The number of hydrogen-bond acceptors (Lipinski definition) is 5. The molecule has 0 amide bonds. The number of ether oxygens (including phenoxy) is 1. The first-order valence-electron chi connectivity index (χ1n) is 5.59. The van der Waals surface area contributed by atoms with Crippen LogP contribution in [0.3, 0.4) is 0 Å². The Hall–Kier alpha value is -1.50. The lowest BCUT2D eigenvalue weighted by atomic mass is 10.1. The molecule has 1 aromatic heterocycles. The molecule has 0 aliphatic rings. The molecule has 0 radical (unpaired) electrons. The van der Waals surface area contributed by atoms with Gasteiger partial charge in [-0.1, -0.05) is 6.92 Å². The zero-order chi connectivity index (χ0) is 12.9. The minimum absolute atomic E-state index is 0.490. The molecule has 0 spiro atoms. The number of tetrazole rings is 1. The van der Waals surface area contributed by atoms with Gasteiger partial charge in [-0.3, -0.25) is 0 Å². The summed E-state index contributed by atoms with van der Waals surface area (Å²) in [5.74, 6) is -0.450. The minimum Gasteiger partial charge on any atom is -0.479 e. The van der Waals surface area contributed by atoms with Crippen molar-refractivity contribution in [1.29, 1.82) is 0 Å². The van der Waals surface area contributed by atoms with E-state index in [4.69, 9.17) is 9.84 Å². The van der Waals surface area contributed by atoms with Crippen LogP contribution in [-0.4, -0.2) is 44.5 Å². The van der Waals surface area contributed by atoms with E-state index in [-0.39, 0.29) is 0 Å². The summed E-state index contributed by atoms with van der Waals surface area (Å²) < 4.78 is 6.65. The molecule has 17 heavy (non-hydrogen) atoms. The molecule has 7 nitrogen and oxygen atoms in total. The average Bonchev–Trinajstić information content (AvgIpc) is 2.73. The van der Waals surface area contributed by atoms with Gasteiger partial charge in [-0.05, 0) is 30.7 Å². The van der Waals surface area contributed by atoms with Crippen LogP contribution in [0.15, 0.2) is 0 Å². The molecule has 0 aromatic carbocycles. The van der Waals surface area contributed by atoms with E-state index < -0.39 is 11.5 Å². The number of carboxylic acids is 1. The zero-order valence-corrected chi connectivity index (χ0v) is 10.4. The number of rotatable bonds is 7. The van der Waals surface area contributed by atoms with Crippen molar-refractivity contribution in [3.05, 3.63) is 5.82 Å². The third-order valence-electron chi connectivity index (χ3n) is 2.41. The quantitative estimate of drug-likeness (QED) is 0.699. The SMILES string of the molecule is CCCOCCc1nnnn1C(C)(C)C(=O)O. The van der Waals surface area contributed by atoms with E-state index in [9.17, 15) is 4.79 Å². The van der Waals surface area contributed by atoms with Crippen LogP contribution in [0.5, 0.6) is 0 Å². The Balaban J connectivity index is 2.69. The average molecular weight is 242 g/mol. The Morgan fingerprint density at radius 2 is 2.18 bits per heavy atom. The molecule has 96 valence electrons. The summed E-state index contributed by atoms with van der Waals surface area (Å²) >= 11 is 0. The fourth-order valence-electron chi connectivity index (χ4n) is 1.30. The monoisotopic (exact) mass is 242 g/mol. The van der Waals surface area contributed by atoms with Crippen LogP contribution in [0.4, 0.5) is 0 Å². The number of carboxylic acid groups (broad SMARTS) is 1. The van der Waals surface area contributed by atoms with Crippen LogP contribution in [0, 0.1) is 0 Å². The third-order valence-corrected chi connectivity index (χ3v) is 2.41. The summed E-state index contributed by atoms with van der Waals surface area (Å²) in [6.45, 7) is 6.32. The van der Waals surface area contributed by atoms with E-state index in [1.165, 1.54) is 4.68 Å². The van der Waals surface area contributed by atoms with Gasteiger partial charge in [0.1, 0.15) is 0 Å². The predicted octanol–water partition coefficient (Wildman–Crippen LogP) is 0.462. The lowest BCUT2D eigenvalue weighted by Crippen LogP contribution is -2.38. The van der Waals surface area contributed by atoms with E-state index in [1.807, 2.05) is 6.92 Å². The van der Waals surface area contributed by atoms with Crippen LogP contribution < -0.4 is 0 Å². The van der Waals surface area contributed by atoms with Gasteiger partial charge in [0, 0.05) is 13.0 Å². The summed E-state index contributed by atoms with van der Waals surface area (Å²) in [6, 6.07) is 0. The van der Waals surface area contributed by atoms with Crippen molar-refractivity contribution in [2.45, 2.75) is 39.2 Å². The topological polar surface area (TPSA) is 90.1 Å². The molecule has 1 rings (SSSR count). The minimum atomic E-state index is -1.15. The molecule has 0 aliphatic carbocycles. The molecule has 0 fully saturated rings. The maximum Gasteiger partial charge on any atom is 0.331 e. The molecule has 7 heteroatoms. The van der Waals surface area contributed by atoms with Crippen molar-refractivity contribution in [1.82, 2.24) is 20.2 Å². The second kappa shape index (κ2) is 5.72. The number of nitrogens with zero attached hydrogens (tertiary/aromatic N) is 4. The molecule has 1 N–H and O–H groups in total. The summed E-state index contributed by atoms with van der Waals surface area (Å²) in [6.07, 6.45) is 1.45. The molecule has 0 saturated heterocycles. The van der Waals surface area contributed by atoms with Crippen LogP contribution in [0.1, 0.15) is 33.0 Å².